The van der Waals surface area contributed by atoms with Crippen LogP contribution in [0.4, 0.5) is 0 Å². The summed E-state index contributed by atoms with van der Waals surface area (Å²) in [7, 11) is -2.67. The van der Waals surface area contributed by atoms with Crippen LogP contribution in [0.25, 0.3) is 10.8 Å². The molecule has 0 spiro atoms. The molecule has 14 nitrogen and oxygen atoms in total. The summed E-state index contributed by atoms with van der Waals surface area (Å²) in [6, 6.07) is 15.5. The molecule has 274 valence electrons. The van der Waals surface area contributed by atoms with Gasteiger partial charge in [0.25, 0.3) is 0 Å². The third-order valence-corrected chi connectivity index (χ3v) is 9.73. The fourth-order valence-corrected chi connectivity index (χ4v) is 7.11. The predicted molar refractivity (Wildman–Crippen MR) is 190 cm³/mol. The Morgan fingerprint density at radius 1 is 0.902 bits per heavy atom. The molecule has 0 heterocycles. The number of benzene rings is 3. The van der Waals surface area contributed by atoms with Crippen molar-refractivity contribution in [2.24, 2.45) is 5.73 Å². The molecule has 0 saturated heterocycles. The number of ether oxygens (including phenoxy) is 1. The van der Waals surface area contributed by atoms with Crippen LogP contribution in [-0.4, -0.2) is 70.6 Å². The summed E-state index contributed by atoms with van der Waals surface area (Å²) >= 11 is 0. The van der Waals surface area contributed by atoms with Crippen LogP contribution < -0.4 is 31.7 Å². The molecule has 3 aromatic rings. The summed E-state index contributed by atoms with van der Waals surface area (Å²) in [6.45, 7) is 1.48. The van der Waals surface area contributed by atoms with Gasteiger partial charge in [-0.15, -0.1) is 0 Å². The lowest BCUT2D eigenvalue weighted by Crippen LogP contribution is -2.65. The van der Waals surface area contributed by atoms with Gasteiger partial charge in [0, 0.05) is 19.9 Å². The molecule has 1 aliphatic carbocycles. The Bertz CT molecular complexity index is 1790. The molecule has 51 heavy (non-hydrogen) atoms. The lowest BCUT2D eigenvalue weighted by Gasteiger charge is -2.38. The summed E-state index contributed by atoms with van der Waals surface area (Å²) in [5.74, 6) is -2.40. The van der Waals surface area contributed by atoms with Gasteiger partial charge in [-0.25, -0.2) is 0 Å². The molecule has 0 aromatic heterocycles. The Labute approximate surface area is 296 Å². The quantitative estimate of drug-likeness (QED) is 0.107. The minimum atomic E-state index is -4.27. The van der Waals surface area contributed by atoms with E-state index in [0.29, 0.717) is 30.4 Å². The molecule has 5 amide bonds. The fourth-order valence-electron chi connectivity index (χ4n) is 6.42. The number of fused-ring (bicyclic) bond motifs is 1. The van der Waals surface area contributed by atoms with E-state index in [1.165, 1.54) is 19.1 Å². The van der Waals surface area contributed by atoms with Gasteiger partial charge in [0.2, 0.25) is 29.5 Å². The highest BCUT2D eigenvalue weighted by Crippen LogP contribution is 2.39. The van der Waals surface area contributed by atoms with Crippen LogP contribution in [0, 0.1) is 0 Å². The maximum atomic E-state index is 14.0. The van der Waals surface area contributed by atoms with Crippen molar-refractivity contribution in [3.05, 3.63) is 77.4 Å². The average molecular weight is 724 g/mol. The zero-order valence-electron chi connectivity index (χ0n) is 28.8. The minimum absolute atomic E-state index is 0.0380. The van der Waals surface area contributed by atoms with Crippen LogP contribution in [0.15, 0.2) is 60.7 Å². The van der Waals surface area contributed by atoms with E-state index in [4.69, 9.17) is 10.5 Å². The number of nitrogens with one attached hydrogen (secondary N) is 4. The lowest BCUT2D eigenvalue weighted by atomic mass is 9.80. The molecule has 0 radical (unpaired) electrons. The van der Waals surface area contributed by atoms with Crippen molar-refractivity contribution in [2.45, 2.75) is 82.1 Å². The molecule has 8 N–H and O–H groups in total. The second-order valence-corrected chi connectivity index (χ2v) is 14.6. The van der Waals surface area contributed by atoms with E-state index in [0.717, 1.165) is 28.5 Å². The van der Waals surface area contributed by atoms with E-state index in [-0.39, 0.29) is 25.8 Å². The normalized spacial score (nSPS) is 15.2. The number of hydrogen-bond acceptors (Lipinski definition) is 7. The number of carbonyl (C=O) groups excluding carboxylic acids is 5. The first-order chi connectivity index (χ1) is 24.2. The second-order valence-electron chi connectivity index (χ2n) is 13.0. The standard InChI is InChI=1S/C36H46N5O9P/c1-23(42)39-30(19-24-9-11-25(12-10-24)22-51(47,48)49)34(45)41-36(16-4-3-5-17-36)35(46)40-31(21-32(37)43)33(44)38-18-15-26-7-6-8-27-20-28(50-2)13-14-29(26)27/h6-14,20,30-31H,3-5,15-19,21-22H2,1-2H3,(H2,37,43)(H,38,44)(H,39,42)(H,40,46)(H,41,45)(H2,47,48,49)/t30-,31-/m0/s1. The lowest BCUT2D eigenvalue weighted by molar-refractivity contribution is -0.139. The first-order valence-electron chi connectivity index (χ1n) is 16.8. The van der Waals surface area contributed by atoms with E-state index >= 15 is 0 Å². The smallest absolute Gasteiger partial charge is 0.329 e. The van der Waals surface area contributed by atoms with E-state index in [1.54, 1.807) is 19.2 Å². The summed E-state index contributed by atoms with van der Waals surface area (Å²) < 4.78 is 16.7. The zero-order valence-corrected chi connectivity index (χ0v) is 29.7. The highest BCUT2D eigenvalue weighted by molar-refractivity contribution is 7.50. The van der Waals surface area contributed by atoms with Gasteiger partial charge in [-0.05, 0) is 58.9 Å². The Hall–Kier alpha value is -4.78. The van der Waals surface area contributed by atoms with Crippen LogP contribution in [-0.2, 0) is 47.5 Å². The number of rotatable bonds is 16. The molecule has 0 aliphatic heterocycles. The van der Waals surface area contributed by atoms with E-state index in [9.17, 15) is 38.3 Å². The molecule has 3 aromatic carbocycles. The molecule has 15 heteroatoms. The van der Waals surface area contributed by atoms with Gasteiger partial charge in [0.15, 0.2) is 0 Å². The van der Waals surface area contributed by atoms with Crippen molar-refractivity contribution in [3.8, 4) is 5.75 Å². The van der Waals surface area contributed by atoms with Crippen molar-refractivity contribution in [1.82, 2.24) is 21.3 Å². The van der Waals surface area contributed by atoms with Crippen molar-refractivity contribution in [3.63, 3.8) is 0 Å². The summed E-state index contributed by atoms with van der Waals surface area (Å²) in [6.07, 6.45) is 2.22. The maximum absolute atomic E-state index is 14.0. The third-order valence-electron chi connectivity index (χ3n) is 8.95. The van der Waals surface area contributed by atoms with Gasteiger partial charge in [-0.2, -0.15) is 0 Å². The Balaban J connectivity index is 1.46. The van der Waals surface area contributed by atoms with Crippen molar-refractivity contribution in [2.75, 3.05) is 13.7 Å². The molecule has 0 bridgehead atoms. The molecule has 0 unspecified atom stereocenters. The van der Waals surface area contributed by atoms with Gasteiger partial charge >= 0.3 is 7.60 Å². The Morgan fingerprint density at radius 2 is 1.59 bits per heavy atom. The van der Waals surface area contributed by atoms with Crippen molar-refractivity contribution in [1.29, 1.82) is 0 Å². The topological polar surface area (TPSA) is 226 Å². The molecular weight excluding hydrogens is 677 g/mol. The van der Waals surface area contributed by atoms with Crippen LogP contribution >= 0.6 is 7.60 Å². The molecule has 1 aliphatic rings. The summed E-state index contributed by atoms with van der Waals surface area (Å²) in [5, 5.41) is 13.0. The van der Waals surface area contributed by atoms with Gasteiger partial charge in [0.1, 0.15) is 23.4 Å². The summed E-state index contributed by atoms with van der Waals surface area (Å²) in [5.41, 5.74) is 6.07. The Kier molecular flexibility index (Phi) is 13.3. The van der Waals surface area contributed by atoms with Gasteiger partial charge in [-0.1, -0.05) is 67.8 Å². The largest absolute Gasteiger partial charge is 0.497 e. The van der Waals surface area contributed by atoms with Crippen LogP contribution in [0.3, 0.4) is 0 Å². The third kappa shape index (κ3) is 11.4. The SMILES string of the molecule is COc1ccc2c(CCNC(=O)[C@H](CC(N)=O)NC(=O)C3(NC(=O)[C@H](Cc4ccc(CP(=O)(O)O)cc4)NC(C)=O)CCCCC3)cccc2c1. The fraction of sp³-hybridized carbons (Fsp3) is 0.417. The van der Waals surface area contributed by atoms with Crippen molar-refractivity contribution >= 4 is 47.9 Å². The zero-order chi connectivity index (χ0) is 37.2. The number of primary amides is 1. The molecule has 2 atom stereocenters. The number of carbonyl (C=O) groups is 5. The molecule has 1 fully saturated rings. The highest BCUT2D eigenvalue weighted by Gasteiger charge is 2.43. The number of methoxy groups -OCH3 is 1. The van der Waals surface area contributed by atoms with Crippen molar-refractivity contribution < 1.29 is 43.1 Å². The van der Waals surface area contributed by atoms with Gasteiger partial charge in [-0.3, -0.25) is 28.5 Å². The van der Waals surface area contributed by atoms with E-state index in [1.807, 2.05) is 36.4 Å². The number of nitrogens with two attached hydrogens (primary N) is 1. The van der Waals surface area contributed by atoms with Gasteiger partial charge in [0.05, 0.1) is 19.7 Å². The number of hydrogen-bond donors (Lipinski definition) is 7. The average Bonchev–Trinajstić information content (AvgIpc) is 3.07. The summed E-state index contributed by atoms with van der Waals surface area (Å²) in [4.78, 5) is 83.7. The van der Waals surface area contributed by atoms with E-state index < -0.39 is 67.3 Å². The molecular formula is C36H46N5O9P. The number of amides is 5. The van der Waals surface area contributed by atoms with Crippen LogP contribution in [0.1, 0.15) is 62.1 Å². The minimum Gasteiger partial charge on any atom is -0.497 e. The maximum Gasteiger partial charge on any atom is 0.329 e. The van der Waals surface area contributed by atoms with Gasteiger partial charge < -0.3 is 41.5 Å². The predicted octanol–water partition coefficient (Wildman–Crippen LogP) is 2.11. The first kappa shape index (κ1) is 39.0. The second kappa shape index (κ2) is 17.4. The monoisotopic (exact) mass is 723 g/mol. The molecule has 1 saturated carbocycles. The first-order valence-corrected chi connectivity index (χ1v) is 18.6. The Morgan fingerprint density at radius 3 is 2.22 bits per heavy atom. The van der Waals surface area contributed by atoms with E-state index in [2.05, 4.69) is 21.3 Å². The molecule has 4 rings (SSSR count). The highest BCUT2D eigenvalue weighted by atomic mass is 31.2. The van der Waals surface area contributed by atoms with Crippen LogP contribution in [0.2, 0.25) is 0 Å². The van der Waals surface area contributed by atoms with Crippen LogP contribution in [0.5, 0.6) is 5.75 Å².